The summed E-state index contributed by atoms with van der Waals surface area (Å²) >= 11 is 0. The molecule has 3 nitrogen and oxygen atoms in total. The Kier molecular flexibility index (Phi) is 4.71. The summed E-state index contributed by atoms with van der Waals surface area (Å²) in [7, 11) is 0. The first kappa shape index (κ1) is 14.2. The number of para-hydroxylation sites is 1. The first-order valence-corrected chi connectivity index (χ1v) is 6.58. The summed E-state index contributed by atoms with van der Waals surface area (Å²) in [6.45, 7) is 0.853. The van der Waals surface area contributed by atoms with Crippen molar-refractivity contribution in [1.82, 2.24) is 4.90 Å². The summed E-state index contributed by atoms with van der Waals surface area (Å²) in [5.74, 6) is 0.263. The highest BCUT2D eigenvalue weighted by atomic mass is 19.3. The number of rotatable bonds is 4. The second-order valence-corrected chi connectivity index (χ2v) is 5.09. The van der Waals surface area contributed by atoms with E-state index in [1.165, 1.54) is 0 Å². The van der Waals surface area contributed by atoms with Gasteiger partial charge in [0.2, 0.25) is 0 Å². The Bertz CT molecular complexity index is 414. The Balaban J connectivity index is 2.06. The van der Waals surface area contributed by atoms with Gasteiger partial charge in [0.25, 0.3) is 0 Å². The van der Waals surface area contributed by atoms with Gasteiger partial charge in [-0.2, -0.15) is 8.78 Å². The Hall–Kier alpha value is -1.20. The number of halogens is 2. The van der Waals surface area contributed by atoms with E-state index in [-0.39, 0.29) is 11.8 Å². The van der Waals surface area contributed by atoms with Gasteiger partial charge in [-0.3, -0.25) is 4.90 Å². The smallest absolute Gasteiger partial charge is 0.387 e. The van der Waals surface area contributed by atoms with E-state index in [4.69, 9.17) is 5.73 Å². The topological polar surface area (TPSA) is 38.5 Å². The van der Waals surface area contributed by atoms with Gasteiger partial charge in [-0.25, -0.2) is 0 Å². The van der Waals surface area contributed by atoms with E-state index in [0.29, 0.717) is 12.6 Å². The highest BCUT2D eigenvalue weighted by Gasteiger charge is 2.24. The van der Waals surface area contributed by atoms with Crippen LogP contribution in [0.25, 0.3) is 0 Å². The van der Waals surface area contributed by atoms with Crippen molar-refractivity contribution in [2.75, 3.05) is 6.54 Å². The van der Waals surface area contributed by atoms with Crippen molar-refractivity contribution in [3.63, 3.8) is 0 Å². The molecule has 0 radical (unpaired) electrons. The number of likely N-dealkylation sites (tertiary alicyclic amines) is 1. The van der Waals surface area contributed by atoms with Crippen LogP contribution in [0.2, 0.25) is 0 Å². The molecule has 0 bridgehead atoms. The monoisotopic (exact) mass is 270 g/mol. The van der Waals surface area contributed by atoms with Crippen molar-refractivity contribution < 1.29 is 13.5 Å². The average molecular weight is 270 g/mol. The van der Waals surface area contributed by atoms with E-state index in [9.17, 15) is 8.78 Å². The van der Waals surface area contributed by atoms with E-state index in [1.807, 2.05) is 12.1 Å². The molecule has 0 aliphatic carbocycles. The molecule has 2 rings (SSSR count). The van der Waals surface area contributed by atoms with Crippen molar-refractivity contribution >= 4 is 0 Å². The molecule has 2 N–H and O–H groups in total. The van der Waals surface area contributed by atoms with Crippen LogP contribution in [0, 0.1) is 0 Å². The van der Waals surface area contributed by atoms with Crippen LogP contribution in [0.5, 0.6) is 5.75 Å². The van der Waals surface area contributed by atoms with Gasteiger partial charge in [0.05, 0.1) is 0 Å². The predicted octanol–water partition coefficient (Wildman–Crippen LogP) is 2.60. The molecule has 5 heteroatoms. The third-order valence-electron chi connectivity index (χ3n) is 3.62. The van der Waals surface area contributed by atoms with E-state index in [1.54, 1.807) is 12.1 Å². The Morgan fingerprint density at radius 1 is 1.42 bits per heavy atom. The summed E-state index contributed by atoms with van der Waals surface area (Å²) in [5.41, 5.74) is 6.72. The van der Waals surface area contributed by atoms with Gasteiger partial charge in [-0.1, -0.05) is 18.2 Å². The van der Waals surface area contributed by atoms with E-state index in [0.717, 1.165) is 24.9 Å². The largest absolute Gasteiger partial charge is 0.434 e. The molecule has 1 aromatic carbocycles. The van der Waals surface area contributed by atoms with Crippen molar-refractivity contribution in [3.05, 3.63) is 29.8 Å². The molecule has 0 spiro atoms. The summed E-state index contributed by atoms with van der Waals surface area (Å²) < 4.78 is 29.3. The standard InChI is InChI=1S/C14H20F2N2O/c1-10-8-12(17)6-7-18(10)9-11-4-2-3-5-13(11)19-14(15)16/h2-5,10,12,14H,6-9,17H2,1H3. The molecule has 1 aliphatic heterocycles. The zero-order valence-corrected chi connectivity index (χ0v) is 11.1. The van der Waals surface area contributed by atoms with Crippen molar-refractivity contribution in [2.45, 2.75) is 45.0 Å². The van der Waals surface area contributed by atoms with Gasteiger partial charge in [0, 0.05) is 30.7 Å². The zero-order chi connectivity index (χ0) is 13.8. The molecule has 19 heavy (non-hydrogen) atoms. The third-order valence-corrected chi connectivity index (χ3v) is 3.62. The molecular formula is C14H20F2N2O. The molecule has 0 saturated carbocycles. The highest BCUT2D eigenvalue weighted by Crippen LogP contribution is 2.25. The minimum absolute atomic E-state index is 0.249. The Labute approximate surface area is 112 Å². The fraction of sp³-hybridized carbons (Fsp3) is 0.571. The summed E-state index contributed by atoms with van der Waals surface area (Å²) in [4.78, 5) is 2.26. The minimum Gasteiger partial charge on any atom is -0.434 e. The number of piperidine rings is 1. The van der Waals surface area contributed by atoms with Crippen LogP contribution in [0.3, 0.4) is 0 Å². The van der Waals surface area contributed by atoms with Crippen molar-refractivity contribution in [3.8, 4) is 5.75 Å². The summed E-state index contributed by atoms with van der Waals surface area (Å²) in [5, 5.41) is 0. The second kappa shape index (κ2) is 6.30. The van der Waals surface area contributed by atoms with Crippen molar-refractivity contribution in [1.29, 1.82) is 0 Å². The van der Waals surface area contributed by atoms with Gasteiger partial charge in [-0.05, 0) is 25.8 Å². The zero-order valence-electron chi connectivity index (χ0n) is 11.1. The molecule has 2 unspecified atom stereocenters. The number of ether oxygens (including phenoxy) is 1. The third kappa shape index (κ3) is 3.88. The molecular weight excluding hydrogens is 250 g/mol. The number of alkyl halides is 2. The molecule has 106 valence electrons. The van der Waals surface area contributed by atoms with Gasteiger partial charge in [0.15, 0.2) is 0 Å². The average Bonchev–Trinajstić information content (AvgIpc) is 2.34. The van der Waals surface area contributed by atoms with E-state index in [2.05, 4.69) is 16.6 Å². The first-order valence-electron chi connectivity index (χ1n) is 6.58. The van der Waals surface area contributed by atoms with E-state index >= 15 is 0 Å². The number of nitrogens with zero attached hydrogens (tertiary/aromatic N) is 1. The lowest BCUT2D eigenvalue weighted by molar-refractivity contribution is -0.0509. The molecule has 1 saturated heterocycles. The fourth-order valence-corrected chi connectivity index (χ4v) is 2.56. The SMILES string of the molecule is CC1CC(N)CCN1Cc1ccccc1OC(F)F. The molecule has 1 aliphatic rings. The highest BCUT2D eigenvalue weighted by molar-refractivity contribution is 5.33. The lowest BCUT2D eigenvalue weighted by atomic mass is 9.98. The maximum atomic E-state index is 12.4. The van der Waals surface area contributed by atoms with Crippen LogP contribution in [-0.4, -0.2) is 30.1 Å². The molecule has 1 aromatic rings. The quantitative estimate of drug-likeness (QED) is 0.914. The van der Waals surface area contributed by atoms with Crippen LogP contribution < -0.4 is 10.5 Å². The second-order valence-electron chi connectivity index (χ2n) is 5.09. The van der Waals surface area contributed by atoms with Crippen molar-refractivity contribution in [2.24, 2.45) is 5.73 Å². The maximum absolute atomic E-state index is 12.4. The molecule has 1 heterocycles. The number of benzene rings is 1. The fourth-order valence-electron chi connectivity index (χ4n) is 2.56. The van der Waals surface area contributed by atoms with Crippen LogP contribution in [0.1, 0.15) is 25.3 Å². The minimum atomic E-state index is -2.78. The van der Waals surface area contributed by atoms with Crippen LogP contribution in [0.15, 0.2) is 24.3 Å². The number of nitrogens with two attached hydrogens (primary N) is 1. The normalized spacial score (nSPS) is 24.7. The molecule has 1 fully saturated rings. The number of hydrogen-bond donors (Lipinski definition) is 1. The molecule has 0 amide bonds. The van der Waals surface area contributed by atoms with E-state index < -0.39 is 6.61 Å². The Morgan fingerprint density at radius 2 is 2.16 bits per heavy atom. The van der Waals surface area contributed by atoms with Crippen LogP contribution in [0.4, 0.5) is 8.78 Å². The molecule has 2 atom stereocenters. The van der Waals surface area contributed by atoms with Gasteiger partial charge in [-0.15, -0.1) is 0 Å². The number of hydrogen-bond acceptors (Lipinski definition) is 3. The van der Waals surface area contributed by atoms with Gasteiger partial charge < -0.3 is 10.5 Å². The van der Waals surface area contributed by atoms with Gasteiger partial charge in [0.1, 0.15) is 5.75 Å². The predicted molar refractivity (Wildman–Crippen MR) is 70.2 cm³/mol. The van der Waals surface area contributed by atoms with Gasteiger partial charge >= 0.3 is 6.61 Å². The lowest BCUT2D eigenvalue weighted by Crippen LogP contribution is -2.45. The van der Waals surface area contributed by atoms with Crippen LogP contribution >= 0.6 is 0 Å². The lowest BCUT2D eigenvalue weighted by Gasteiger charge is -2.36. The maximum Gasteiger partial charge on any atom is 0.387 e. The first-order chi connectivity index (χ1) is 9.06. The Morgan fingerprint density at radius 3 is 2.84 bits per heavy atom. The van der Waals surface area contributed by atoms with Crippen LogP contribution in [-0.2, 0) is 6.54 Å². The summed E-state index contributed by atoms with van der Waals surface area (Å²) in [6.07, 6.45) is 1.89. The summed E-state index contributed by atoms with van der Waals surface area (Å²) in [6, 6.07) is 7.58. The molecule has 0 aromatic heterocycles.